The smallest absolute Gasteiger partial charge is 0.273 e. The molecule has 0 saturated heterocycles. The number of aryl methyl sites for hydroxylation is 1. The van der Waals surface area contributed by atoms with Crippen LogP contribution < -0.4 is 15.5 Å². The Kier molecular flexibility index (Phi) is 2.49. The minimum absolute atomic E-state index is 0.117. The number of carbonyl (C=O) groups is 1. The number of aromatic nitrogens is 4. The van der Waals surface area contributed by atoms with Gasteiger partial charge >= 0.3 is 0 Å². The fraction of sp³-hybridized carbons (Fsp3) is 0.222. The van der Waals surface area contributed by atoms with Crippen LogP contribution in [0, 0.1) is 0 Å². The highest BCUT2D eigenvalue weighted by Gasteiger charge is 2.25. The standard InChI is InChI=1S/C18H19N7O/c1-19-18(26)16-13(7-8-20-22-16)21-14-6-4-5-12-15-11(10-25(3)23-15)9-24(2)17(12)14/h4-8,10H,9H2,1-3H3,(H,19,26)(H,20,21)/i1D3,2D3. The normalized spacial score (nSPS) is 16.7. The molecule has 0 atom stereocenters. The highest BCUT2D eigenvalue weighted by atomic mass is 16.1. The van der Waals surface area contributed by atoms with E-state index in [2.05, 4.69) is 20.6 Å². The summed E-state index contributed by atoms with van der Waals surface area (Å²) in [6, 6.07) is 6.63. The number of nitrogens with one attached hydrogen (secondary N) is 2. The van der Waals surface area contributed by atoms with Crippen molar-refractivity contribution >= 4 is 23.0 Å². The van der Waals surface area contributed by atoms with E-state index in [1.165, 1.54) is 17.2 Å². The van der Waals surface area contributed by atoms with Crippen LogP contribution in [0.15, 0.2) is 36.7 Å². The summed E-state index contributed by atoms with van der Waals surface area (Å²) in [6.07, 6.45) is 3.11. The van der Waals surface area contributed by atoms with Crippen molar-refractivity contribution < 1.29 is 13.0 Å². The van der Waals surface area contributed by atoms with Crippen molar-refractivity contribution in [2.24, 2.45) is 7.05 Å². The van der Waals surface area contributed by atoms with Crippen LogP contribution in [-0.2, 0) is 13.6 Å². The average Bonchev–Trinajstić information content (AvgIpc) is 3.06. The number of hydrogen-bond donors (Lipinski definition) is 2. The van der Waals surface area contributed by atoms with Crippen molar-refractivity contribution in [1.29, 1.82) is 0 Å². The van der Waals surface area contributed by atoms with E-state index in [1.807, 2.05) is 5.32 Å². The minimum atomic E-state index is -2.70. The predicted octanol–water partition coefficient (Wildman–Crippen LogP) is 1.93. The van der Waals surface area contributed by atoms with Crippen LogP contribution in [-0.4, -0.2) is 39.8 Å². The second kappa shape index (κ2) is 6.14. The molecule has 0 aliphatic carbocycles. The van der Waals surface area contributed by atoms with Gasteiger partial charge in [0, 0.05) is 53.1 Å². The van der Waals surface area contributed by atoms with Gasteiger partial charge in [-0.1, -0.05) is 12.1 Å². The fourth-order valence-corrected chi connectivity index (χ4v) is 3.06. The lowest BCUT2D eigenvalue weighted by Crippen LogP contribution is -2.23. The highest BCUT2D eigenvalue weighted by molar-refractivity contribution is 5.99. The van der Waals surface area contributed by atoms with E-state index < -0.39 is 19.9 Å². The predicted molar refractivity (Wildman–Crippen MR) is 99.5 cm³/mol. The Morgan fingerprint density at radius 3 is 3.08 bits per heavy atom. The molecular formula is C18H19N7O. The number of para-hydroxylation sites is 1. The number of benzene rings is 1. The Hall–Kier alpha value is -3.42. The molecule has 3 heterocycles. The number of hydrogen-bond acceptors (Lipinski definition) is 6. The maximum Gasteiger partial charge on any atom is 0.273 e. The lowest BCUT2D eigenvalue weighted by Gasteiger charge is -2.29. The zero-order valence-corrected chi connectivity index (χ0v) is 13.8. The van der Waals surface area contributed by atoms with Crippen molar-refractivity contribution in [3.8, 4) is 11.3 Å². The van der Waals surface area contributed by atoms with Gasteiger partial charge in [-0.3, -0.25) is 9.48 Å². The highest BCUT2D eigenvalue weighted by Crippen LogP contribution is 2.43. The van der Waals surface area contributed by atoms with Gasteiger partial charge in [0.05, 0.1) is 29.0 Å². The van der Waals surface area contributed by atoms with Crippen LogP contribution in [0.3, 0.4) is 0 Å². The minimum Gasteiger partial charge on any atom is -0.368 e. The Morgan fingerprint density at radius 1 is 1.31 bits per heavy atom. The Morgan fingerprint density at radius 2 is 2.23 bits per heavy atom. The molecule has 8 heteroatoms. The Bertz CT molecular complexity index is 1190. The second-order valence-corrected chi connectivity index (χ2v) is 5.84. The monoisotopic (exact) mass is 355 g/mol. The summed E-state index contributed by atoms with van der Waals surface area (Å²) in [7, 11) is 1.76. The van der Waals surface area contributed by atoms with Crippen molar-refractivity contribution in [2.75, 3.05) is 24.2 Å². The van der Waals surface area contributed by atoms with E-state index in [9.17, 15) is 4.79 Å². The number of anilines is 3. The van der Waals surface area contributed by atoms with E-state index in [1.54, 1.807) is 36.1 Å². The van der Waals surface area contributed by atoms with E-state index in [-0.39, 0.29) is 17.9 Å². The first kappa shape index (κ1) is 10.5. The molecule has 0 radical (unpaired) electrons. The molecule has 0 saturated carbocycles. The quantitative estimate of drug-likeness (QED) is 0.746. The van der Waals surface area contributed by atoms with Crippen LogP contribution in [0.1, 0.15) is 24.3 Å². The zero-order valence-electron chi connectivity index (χ0n) is 19.8. The molecular weight excluding hydrogens is 330 g/mol. The maximum absolute atomic E-state index is 12.4. The van der Waals surface area contributed by atoms with Crippen LogP contribution in [0.4, 0.5) is 17.1 Å². The third-order valence-corrected chi connectivity index (χ3v) is 4.11. The van der Waals surface area contributed by atoms with Crippen molar-refractivity contribution in [3.05, 3.63) is 47.9 Å². The number of fused-ring (bicyclic) bond motifs is 3. The molecule has 1 aliphatic rings. The van der Waals surface area contributed by atoms with Gasteiger partial charge in [0.15, 0.2) is 5.69 Å². The molecule has 1 aliphatic heterocycles. The molecule has 1 amide bonds. The lowest BCUT2D eigenvalue weighted by molar-refractivity contribution is 0.0958. The number of rotatable bonds is 3. The molecule has 26 heavy (non-hydrogen) atoms. The van der Waals surface area contributed by atoms with E-state index in [0.717, 1.165) is 5.56 Å². The molecule has 0 fully saturated rings. The van der Waals surface area contributed by atoms with Gasteiger partial charge < -0.3 is 15.5 Å². The SMILES string of the molecule is [2H]C([2H])([2H])NC(=O)c1nnccc1Nc1cccc2c1N(C([2H])([2H])[2H])Cc1cn(C)nc1-2. The fourth-order valence-electron chi connectivity index (χ4n) is 3.06. The van der Waals surface area contributed by atoms with Gasteiger partial charge in [0.25, 0.3) is 5.91 Å². The first-order valence-electron chi connectivity index (χ1n) is 10.8. The van der Waals surface area contributed by atoms with Crippen LogP contribution >= 0.6 is 0 Å². The topological polar surface area (TPSA) is 88.0 Å². The molecule has 1 aromatic carbocycles. The maximum atomic E-state index is 12.4. The third kappa shape index (κ3) is 2.55. The summed E-state index contributed by atoms with van der Waals surface area (Å²) in [5.74, 6) is -0.940. The number of carbonyl (C=O) groups excluding carboxylic acids is 1. The Balaban J connectivity index is 1.81. The van der Waals surface area contributed by atoms with Gasteiger partial charge in [-0.05, 0) is 12.1 Å². The first-order valence-corrected chi connectivity index (χ1v) is 7.79. The molecule has 132 valence electrons. The first-order chi connectivity index (χ1) is 14.9. The molecule has 2 N–H and O–H groups in total. The van der Waals surface area contributed by atoms with Crippen LogP contribution in [0.5, 0.6) is 0 Å². The summed E-state index contributed by atoms with van der Waals surface area (Å²) in [5.41, 5.74) is 2.77. The molecule has 8 nitrogen and oxygen atoms in total. The lowest BCUT2D eigenvalue weighted by atomic mass is 9.99. The van der Waals surface area contributed by atoms with Gasteiger partial charge in [-0.15, -0.1) is 5.10 Å². The molecule has 2 aromatic heterocycles. The Labute approximate surface area is 159 Å². The largest absolute Gasteiger partial charge is 0.368 e. The molecule has 0 bridgehead atoms. The van der Waals surface area contributed by atoms with Gasteiger partial charge in [-0.25, -0.2) is 0 Å². The third-order valence-electron chi connectivity index (χ3n) is 4.11. The van der Waals surface area contributed by atoms with Crippen molar-refractivity contribution in [3.63, 3.8) is 0 Å². The number of amides is 1. The molecule has 0 spiro atoms. The van der Waals surface area contributed by atoms with E-state index >= 15 is 0 Å². The molecule has 4 rings (SSSR count). The summed E-state index contributed by atoms with van der Waals surface area (Å²) in [4.78, 5) is 13.7. The van der Waals surface area contributed by atoms with Gasteiger partial charge in [0.2, 0.25) is 0 Å². The summed E-state index contributed by atoms with van der Waals surface area (Å²) >= 11 is 0. The van der Waals surface area contributed by atoms with Crippen LogP contribution in [0.2, 0.25) is 0 Å². The second-order valence-electron chi connectivity index (χ2n) is 5.84. The van der Waals surface area contributed by atoms with Gasteiger partial charge in [-0.2, -0.15) is 10.2 Å². The van der Waals surface area contributed by atoms with Gasteiger partial charge in [0.1, 0.15) is 0 Å². The summed E-state index contributed by atoms with van der Waals surface area (Å²) in [5, 5.41) is 16.8. The van der Waals surface area contributed by atoms with Crippen molar-refractivity contribution in [2.45, 2.75) is 6.54 Å². The van der Waals surface area contributed by atoms with Crippen molar-refractivity contribution in [1.82, 2.24) is 25.3 Å². The summed E-state index contributed by atoms with van der Waals surface area (Å²) in [6.45, 7) is -5.03. The average molecular weight is 355 g/mol. The number of nitrogens with zero attached hydrogens (tertiary/aromatic N) is 5. The van der Waals surface area contributed by atoms with E-state index in [0.29, 0.717) is 22.6 Å². The molecule has 0 unspecified atom stereocenters. The van der Waals surface area contributed by atoms with E-state index in [4.69, 9.17) is 8.22 Å². The van der Waals surface area contributed by atoms with Crippen LogP contribution in [0.25, 0.3) is 11.3 Å². The molecule has 3 aromatic rings. The zero-order chi connectivity index (χ0) is 23.3. The summed E-state index contributed by atoms with van der Waals surface area (Å²) < 4.78 is 47.5.